The summed E-state index contributed by atoms with van der Waals surface area (Å²) in [5.41, 5.74) is -0.0190. The molecule has 5 nitrogen and oxygen atoms in total. The van der Waals surface area contributed by atoms with Crippen molar-refractivity contribution >= 4 is 22.4 Å². The van der Waals surface area contributed by atoms with E-state index in [1.807, 2.05) is 0 Å². The second-order valence-electron chi connectivity index (χ2n) is 4.40. The average molecular weight is 285 g/mol. The van der Waals surface area contributed by atoms with E-state index in [-0.39, 0.29) is 17.0 Å². The number of carbonyl (C=O) groups is 1. The number of carbonyl (C=O) groups excluding carboxylic acids is 1. The topological polar surface area (TPSA) is 73.3 Å². The summed E-state index contributed by atoms with van der Waals surface area (Å²) in [5.74, 6) is -1.13. The van der Waals surface area contributed by atoms with Crippen LogP contribution in [0.4, 0.5) is 10.1 Å². The van der Waals surface area contributed by atoms with Gasteiger partial charge in [-0.1, -0.05) is 12.1 Å². The maximum Gasteiger partial charge on any atom is 0.280 e. The van der Waals surface area contributed by atoms with E-state index in [0.29, 0.717) is 11.0 Å². The smallest absolute Gasteiger partial charge is 0.280 e. The number of ketones is 1. The van der Waals surface area contributed by atoms with Crippen LogP contribution in [-0.2, 0) is 0 Å². The lowest BCUT2D eigenvalue weighted by Gasteiger charge is -1.99. The second-order valence-corrected chi connectivity index (χ2v) is 4.40. The highest BCUT2D eigenvalue weighted by Gasteiger charge is 2.23. The molecule has 1 heterocycles. The molecule has 0 spiro atoms. The van der Waals surface area contributed by atoms with Gasteiger partial charge in [-0.25, -0.2) is 4.39 Å². The van der Waals surface area contributed by atoms with Gasteiger partial charge < -0.3 is 4.42 Å². The van der Waals surface area contributed by atoms with Gasteiger partial charge in [0.2, 0.25) is 5.78 Å². The van der Waals surface area contributed by atoms with Gasteiger partial charge in [-0.15, -0.1) is 0 Å². The number of hydrogen-bond acceptors (Lipinski definition) is 4. The van der Waals surface area contributed by atoms with Gasteiger partial charge in [-0.3, -0.25) is 14.9 Å². The number of nitrogens with zero attached hydrogens (tertiary/aromatic N) is 1. The summed E-state index contributed by atoms with van der Waals surface area (Å²) >= 11 is 0. The van der Waals surface area contributed by atoms with Crippen molar-refractivity contribution in [1.29, 1.82) is 0 Å². The Hall–Kier alpha value is -3.02. The molecule has 0 N–H and O–H groups in total. The van der Waals surface area contributed by atoms with E-state index in [4.69, 9.17) is 4.42 Å². The first-order chi connectivity index (χ1) is 10.1. The monoisotopic (exact) mass is 285 g/mol. The Morgan fingerprint density at radius 3 is 2.67 bits per heavy atom. The van der Waals surface area contributed by atoms with Crippen LogP contribution in [0.25, 0.3) is 11.0 Å². The summed E-state index contributed by atoms with van der Waals surface area (Å²) in [6.45, 7) is 0. The van der Waals surface area contributed by atoms with Crippen LogP contribution in [0, 0.1) is 15.9 Å². The molecule has 0 aliphatic heterocycles. The summed E-state index contributed by atoms with van der Waals surface area (Å²) in [5, 5.41) is 11.4. The lowest BCUT2D eigenvalue weighted by molar-refractivity contribution is -0.385. The number of fused-ring (bicyclic) bond motifs is 1. The van der Waals surface area contributed by atoms with E-state index in [2.05, 4.69) is 0 Å². The largest absolute Gasteiger partial charge is 0.453 e. The van der Waals surface area contributed by atoms with Crippen LogP contribution in [0.1, 0.15) is 16.1 Å². The minimum absolute atomic E-state index is 0.0649. The lowest BCUT2D eigenvalue weighted by atomic mass is 10.1. The molecule has 0 unspecified atom stereocenters. The highest BCUT2D eigenvalue weighted by molar-refractivity contribution is 6.11. The zero-order valence-corrected chi connectivity index (χ0v) is 10.6. The molecule has 2 aromatic carbocycles. The Morgan fingerprint density at radius 2 is 1.90 bits per heavy atom. The zero-order chi connectivity index (χ0) is 15.0. The molecule has 0 aliphatic rings. The SMILES string of the molecule is O=C(c1cc2cc(F)ccc2o1)c1ccccc1[N+](=O)[O-]. The maximum absolute atomic E-state index is 13.1. The Morgan fingerprint density at radius 1 is 1.14 bits per heavy atom. The summed E-state index contributed by atoms with van der Waals surface area (Å²) in [4.78, 5) is 22.7. The van der Waals surface area contributed by atoms with Crippen LogP contribution < -0.4 is 0 Å². The molecule has 0 saturated heterocycles. The van der Waals surface area contributed by atoms with Crippen LogP contribution in [0.2, 0.25) is 0 Å². The van der Waals surface area contributed by atoms with Gasteiger partial charge in [0.15, 0.2) is 5.76 Å². The van der Waals surface area contributed by atoms with Gasteiger partial charge in [0.25, 0.3) is 5.69 Å². The van der Waals surface area contributed by atoms with Crippen molar-refractivity contribution in [2.45, 2.75) is 0 Å². The molecular weight excluding hydrogens is 277 g/mol. The molecule has 1 aromatic heterocycles. The zero-order valence-electron chi connectivity index (χ0n) is 10.6. The van der Waals surface area contributed by atoms with Gasteiger partial charge in [0.1, 0.15) is 17.0 Å². The van der Waals surface area contributed by atoms with Crippen molar-refractivity contribution in [3.8, 4) is 0 Å². The highest BCUT2D eigenvalue weighted by Crippen LogP contribution is 2.26. The van der Waals surface area contributed by atoms with Gasteiger partial charge in [-0.05, 0) is 30.3 Å². The normalized spacial score (nSPS) is 10.7. The second kappa shape index (κ2) is 4.82. The summed E-state index contributed by atoms with van der Waals surface area (Å²) in [6, 6.07) is 10.8. The molecule has 0 bridgehead atoms. The van der Waals surface area contributed by atoms with Crippen LogP contribution in [0.15, 0.2) is 52.9 Å². The molecule has 0 atom stereocenters. The van der Waals surface area contributed by atoms with E-state index < -0.39 is 16.5 Å². The van der Waals surface area contributed by atoms with E-state index in [0.717, 1.165) is 0 Å². The molecule has 21 heavy (non-hydrogen) atoms. The number of nitro groups is 1. The van der Waals surface area contributed by atoms with Gasteiger partial charge >= 0.3 is 0 Å². The predicted octanol–water partition coefficient (Wildman–Crippen LogP) is 3.71. The van der Waals surface area contributed by atoms with Crippen molar-refractivity contribution in [3.05, 3.63) is 75.8 Å². The molecule has 3 rings (SSSR count). The van der Waals surface area contributed by atoms with Crippen LogP contribution in [-0.4, -0.2) is 10.7 Å². The van der Waals surface area contributed by atoms with Crippen LogP contribution in [0.3, 0.4) is 0 Å². The molecule has 0 radical (unpaired) electrons. The first-order valence-corrected chi connectivity index (χ1v) is 6.03. The minimum atomic E-state index is -0.629. The Balaban J connectivity index is 2.10. The van der Waals surface area contributed by atoms with Crippen molar-refractivity contribution < 1.29 is 18.5 Å². The molecule has 0 amide bonds. The fourth-order valence-electron chi connectivity index (χ4n) is 2.08. The van der Waals surface area contributed by atoms with Gasteiger partial charge in [0, 0.05) is 11.5 Å². The van der Waals surface area contributed by atoms with Crippen molar-refractivity contribution in [1.82, 2.24) is 0 Å². The van der Waals surface area contributed by atoms with E-state index in [9.17, 15) is 19.3 Å². The number of benzene rings is 2. The predicted molar refractivity (Wildman–Crippen MR) is 72.7 cm³/mol. The Kier molecular flexibility index (Phi) is 2.98. The molecule has 0 fully saturated rings. The standard InChI is InChI=1S/C15H8FNO4/c16-10-5-6-13-9(7-10)8-14(21-13)15(18)11-3-1-2-4-12(11)17(19)20/h1-8H. The van der Waals surface area contributed by atoms with Gasteiger partial charge in [-0.2, -0.15) is 0 Å². The fraction of sp³-hybridized carbons (Fsp3) is 0. The highest BCUT2D eigenvalue weighted by atomic mass is 19.1. The number of para-hydroxylation sites is 1. The first kappa shape index (κ1) is 13.0. The first-order valence-electron chi connectivity index (χ1n) is 6.03. The number of nitro benzene ring substituents is 1. The number of halogens is 1. The van der Waals surface area contributed by atoms with Crippen molar-refractivity contribution in [2.24, 2.45) is 0 Å². The lowest BCUT2D eigenvalue weighted by Crippen LogP contribution is -2.04. The third-order valence-electron chi connectivity index (χ3n) is 3.05. The molecule has 6 heteroatoms. The Labute approximate surface area is 117 Å². The molecular formula is C15H8FNO4. The number of rotatable bonds is 3. The van der Waals surface area contributed by atoms with Crippen molar-refractivity contribution in [2.75, 3.05) is 0 Å². The third-order valence-corrected chi connectivity index (χ3v) is 3.05. The molecule has 104 valence electrons. The number of furan rings is 1. The minimum Gasteiger partial charge on any atom is -0.453 e. The molecule has 3 aromatic rings. The van der Waals surface area contributed by atoms with Gasteiger partial charge in [0.05, 0.1) is 4.92 Å². The third kappa shape index (κ3) is 2.27. The van der Waals surface area contributed by atoms with Crippen LogP contribution >= 0.6 is 0 Å². The van der Waals surface area contributed by atoms with Crippen LogP contribution in [0.5, 0.6) is 0 Å². The average Bonchev–Trinajstić information content (AvgIpc) is 2.89. The van der Waals surface area contributed by atoms with Crippen molar-refractivity contribution in [3.63, 3.8) is 0 Å². The summed E-state index contributed by atoms with van der Waals surface area (Å²) < 4.78 is 18.5. The maximum atomic E-state index is 13.1. The van der Waals surface area contributed by atoms with E-state index >= 15 is 0 Å². The summed E-state index contributed by atoms with van der Waals surface area (Å²) in [7, 11) is 0. The van der Waals surface area contributed by atoms with E-state index in [1.165, 1.54) is 48.5 Å². The fourth-order valence-corrected chi connectivity index (χ4v) is 2.08. The van der Waals surface area contributed by atoms with E-state index in [1.54, 1.807) is 0 Å². The molecule has 0 saturated carbocycles. The number of hydrogen-bond donors (Lipinski definition) is 0. The molecule has 0 aliphatic carbocycles. The quantitative estimate of drug-likeness (QED) is 0.417. The Bertz CT molecular complexity index is 869. The summed E-state index contributed by atoms with van der Waals surface area (Å²) in [6.07, 6.45) is 0.